The first-order chi connectivity index (χ1) is 14.0. The third-order valence-electron chi connectivity index (χ3n) is 4.81. The molecule has 6 nitrogen and oxygen atoms in total. The molecule has 1 amide bonds. The highest BCUT2D eigenvalue weighted by Crippen LogP contribution is 2.28. The van der Waals surface area contributed by atoms with Gasteiger partial charge < -0.3 is 14.4 Å². The third-order valence-corrected chi connectivity index (χ3v) is 5.70. The van der Waals surface area contributed by atoms with E-state index in [9.17, 15) is 9.59 Å². The van der Waals surface area contributed by atoms with E-state index in [2.05, 4.69) is 4.98 Å². The van der Waals surface area contributed by atoms with Crippen LogP contribution in [0.15, 0.2) is 47.8 Å². The highest BCUT2D eigenvalue weighted by molar-refractivity contribution is 7.13. The Morgan fingerprint density at radius 2 is 1.93 bits per heavy atom. The van der Waals surface area contributed by atoms with Gasteiger partial charge in [-0.1, -0.05) is 24.3 Å². The first kappa shape index (κ1) is 19.5. The highest BCUT2D eigenvalue weighted by atomic mass is 32.1. The van der Waals surface area contributed by atoms with Crippen LogP contribution in [-0.2, 0) is 14.3 Å². The van der Waals surface area contributed by atoms with E-state index in [4.69, 9.17) is 9.47 Å². The van der Waals surface area contributed by atoms with Crippen LogP contribution in [0.4, 0.5) is 0 Å². The minimum Gasteiger partial charge on any atom is -0.452 e. The van der Waals surface area contributed by atoms with Gasteiger partial charge in [0, 0.05) is 18.5 Å². The monoisotopic (exact) mass is 410 g/mol. The summed E-state index contributed by atoms with van der Waals surface area (Å²) in [5.74, 6) is -0.735. The molecule has 0 N–H and O–H groups in total. The van der Waals surface area contributed by atoms with Crippen molar-refractivity contribution in [1.29, 1.82) is 0 Å². The van der Waals surface area contributed by atoms with E-state index >= 15 is 0 Å². The fourth-order valence-corrected chi connectivity index (χ4v) is 4.26. The number of thiophene rings is 1. The molecular formula is C22H22N2O4S. The number of rotatable bonds is 4. The predicted octanol–water partition coefficient (Wildman–Crippen LogP) is 3.76. The summed E-state index contributed by atoms with van der Waals surface area (Å²) in [5.41, 5.74) is 1.84. The molecule has 4 rings (SSSR count). The molecule has 0 radical (unpaired) electrons. The van der Waals surface area contributed by atoms with Crippen LogP contribution in [-0.4, -0.2) is 53.7 Å². The lowest BCUT2D eigenvalue weighted by Crippen LogP contribution is -2.49. The SMILES string of the molecule is C[C@@H]1CN(C(=O)COC(=O)c2cc(-c3cccs3)nc3ccccc23)C[C@@H](C)O1. The second-order valence-electron chi connectivity index (χ2n) is 7.18. The van der Waals surface area contributed by atoms with Gasteiger partial charge in [0.05, 0.1) is 33.9 Å². The van der Waals surface area contributed by atoms with Gasteiger partial charge in [-0.3, -0.25) is 4.79 Å². The Hall–Kier alpha value is -2.77. The van der Waals surface area contributed by atoms with Gasteiger partial charge in [0.2, 0.25) is 0 Å². The number of ether oxygens (including phenoxy) is 2. The van der Waals surface area contributed by atoms with Crippen molar-refractivity contribution in [3.8, 4) is 10.6 Å². The number of hydrogen-bond donors (Lipinski definition) is 0. The van der Waals surface area contributed by atoms with Crippen molar-refractivity contribution < 1.29 is 19.1 Å². The number of morpholine rings is 1. The molecule has 1 aromatic carbocycles. The number of para-hydroxylation sites is 1. The Morgan fingerprint density at radius 1 is 1.17 bits per heavy atom. The van der Waals surface area contributed by atoms with Crippen molar-refractivity contribution in [1.82, 2.24) is 9.88 Å². The lowest BCUT2D eigenvalue weighted by Gasteiger charge is -2.35. The first-order valence-corrected chi connectivity index (χ1v) is 10.4. The van der Waals surface area contributed by atoms with Gasteiger partial charge in [-0.15, -0.1) is 11.3 Å². The molecule has 0 saturated carbocycles. The van der Waals surface area contributed by atoms with Crippen molar-refractivity contribution in [3.63, 3.8) is 0 Å². The molecule has 1 aliphatic heterocycles. The van der Waals surface area contributed by atoms with Crippen molar-refractivity contribution in [2.75, 3.05) is 19.7 Å². The normalized spacial score (nSPS) is 19.3. The van der Waals surface area contributed by atoms with E-state index in [-0.39, 0.29) is 24.7 Å². The largest absolute Gasteiger partial charge is 0.452 e. The quantitative estimate of drug-likeness (QED) is 0.613. The Labute approximate surface area is 173 Å². The summed E-state index contributed by atoms with van der Waals surface area (Å²) >= 11 is 1.56. The van der Waals surface area contributed by atoms with Crippen LogP contribution in [0.25, 0.3) is 21.5 Å². The number of nitrogens with zero attached hydrogens (tertiary/aromatic N) is 2. The second kappa shape index (κ2) is 8.31. The van der Waals surface area contributed by atoms with Gasteiger partial charge in [0.1, 0.15) is 0 Å². The van der Waals surface area contributed by atoms with Gasteiger partial charge in [-0.2, -0.15) is 0 Å². The summed E-state index contributed by atoms with van der Waals surface area (Å²) in [5, 5.41) is 2.67. The molecule has 0 bridgehead atoms. The van der Waals surface area contributed by atoms with Crippen LogP contribution in [0.3, 0.4) is 0 Å². The van der Waals surface area contributed by atoms with Crippen LogP contribution in [0.2, 0.25) is 0 Å². The van der Waals surface area contributed by atoms with Crippen LogP contribution >= 0.6 is 11.3 Å². The maximum absolute atomic E-state index is 12.9. The number of hydrogen-bond acceptors (Lipinski definition) is 6. The van der Waals surface area contributed by atoms with E-state index in [1.807, 2.05) is 55.6 Å². The van der Waals surface area contributed by atoms with Crippen molar-refractivity contribution in [2.45, 2.75) is 26.1 Å². The summed E-state index contributed by atoms with van der Waals surface area (Å²) in [6.07, 6.45) is -0.0632. The van der Waals surface area contributed by atoms with E-state index in [1.54, 1.807) is 22.3 Å². The van der Waals surface area contributed by atoms with Crippen molar-refractivity contribution in [3.05, 3.63) is 53.4 Å². The van der Waals surface area contributed by atoms with Gasteiger partial charge >= 0.3 is 5.97 Å². The summed E-state index contributed by atoms with van der Waals surface area (Å²) < 4.78 is 11.0. The van der Waals surface area contributed by atoms with Crippen LogP contribution < -0.4 is 0 Å². The van der Waals surface area contributed by atoms with Gasteiger partial charge in [-0.05, 0) is 37.4 Å². The van der Waals surface area contributed by atoms with E-state index < -0.39 is 5.97 Å². The molecule has 0 unspecified atom stereocenters. The van der Waals surface area contributed by atoms with E-state index in [0.29, 0.717) is 35.2 Å². The second-order valence-corrected chi connectivity index (χ2v) is 8.13. The Morgan fingerprint density at radius 3 is 2.66 bits per heavy atom. The molecule has 3 aromatic rings. The fourth-order valence-electron chi connectivity index (χ4n) is 3.57. The number of carbonyl (C=O) groups excluding carboxylic acids is 2. The van der Waals surface area contributed by atoms with Crippen LogP contribution in [0.5, 0.6) is 0 Å². The molecule has 2 atom stereocenters. The fraction of sp³-hybridized carbons (Fsp3) is 0.318. The molecule has 3 heterocycles. The zero-order valence-electron chi connectivity index (χ0n) is 16.3. The third kappa shape index (κ3) is 4.31. The topological polar surface area (TPSA) is 68.7 Å². The molecule has 1 fully saturated rings. The maximum atomic E-state index is 12.9. The maximum Gasteiger partial charge on any atom is 0.339 e. The molecule has 29 heavy (non-hydrogen) atoms. The van der Waals surface area contributed by atoms with Crippen LogP contribution in [0, 0.1) is 0 Å². The summed E-state index contributed by atoms with van der Waals surface area (Å²) in [7, 11) is 0. The van der Waals surface area contributed by atoms with Gasteiger partial charge in [-0.25, -0.2) is 9.78 Å². The minimum absolute atomic E-state index is 0.0316. The minimum atomic E-state index is -0.524. The molecule has 0 spiro atoms. The van der Waals surface area contributed by atoms with Gasteiger partial charge in [0.15, 0.2) is 6.61 Å². The lowest BCUT2D eigenvalue weighted by molar-refractivity contribution is -0.146. The summed E-state index contributed by atoms with van der Waals surface area (Å²) in [6.45, 7) is 4.57. The number of pyridine rings is 1. The number of fused-ring (bicyclic) bond motifs is 1. The zero-order valence-corrected chi connectivity index (χ0v) is 17.1. The Kier molecular flexibility index (Phi) is 5.60. The number of aromatic nitrogens is 1. The number of carbonyl (C=O) groups is 2. The van der Waals surface area contributed by atoms with Gasteiger partial charge in [0.25, 0.3) is 5.91 Å². The summed E-state index contributed by atoms with van der Waals surface area (Å²) in [4.78, 5) is 32.7. The molecule has 1 saturated heterocycles. The van der Waals surface area contributed by atoms with E-state index in [1.165, 1.54) is 0 Å². The molecule has 2 aromatic heterocycles. The number of benzene rings is 1. The average Bonchev–Trinajstić information content (AvgIpc) is 3.25. The molecule has 1 aliphatic rings. The Balaban J connectivity index is 1.54. The molecular weight excluding hydrogens is 388 g/mol. The molecule has 0 aliphatic carbocycles. The molecule has 150 valence electrons. The zero-order chi connectivity index (χ0) is 20.4. The lowest BCUT2D eigenvalue weighted by atomic mass is 10.1. The number of amides is 1. The van der Waals surface area contributed by atoms with Crippen molar-refractivity contribution in [2.24, 2.45) is 0 Å². The van der Waals surface area contributed by atoms with Crippen LogP contribution in [0.1, 0.15) is 24.2 Å². The predicted molar refractivity (Wildman–Crippen MR) is 112 cm³/mol. The molecule has 7 heteroatoms. The van der Waals surface area contributed by atoms with Crippen molar-refractivity contribution >= 4 is 34.1 Å². The average molecular weight is 410 g/mol. The summed E-state index contributed by atoms with van der Waals surface area (Å²) in [6, 6.07) is 13.1. The van der Waals surface area contributed by atoms with E-state index in [0.717, 1.165) is 4.88 Å². The first-order valence-electron chi connectivity index (χ1n) is 9.55. The standard InChI is InChI=1S/C22H22N2O4S/c1-14-11-24(12-15(2)28-14)21(25)13-27-22(26)17-10-19(20-8-5-9-29-20)23-18-7-4-3-6-16(17)18/h3-10,14-15H,11-13H2,1-2H3/t14-,15-/m1/s1. The smallest absolute Gasteiger partial charge is 0.339 e. The number of esters is 1. The Bertz CT molecular complexity index is 1020. The highest BCUT2D eigenvalue weighted by Gasteiger charge is 2.27.